The molecule has 0 bridgehead atoms. The first-order valence-corrected chi connectivity index (χ1v) is 28.8. The first-order valence-electron chi connectivity index (χ1n) is 28.8. The van der Waals surface area contributed by atoms with Gasteiger partial charge in [0.2, 0.25) is 0 Å². The summed E-state index contributed by atoms with van der Waals surface area (Å²) in [6.07, 6.45) is 28.2. The van der Waals surface area contributed by atoms with E-state index in [1.54, 1.807) is 0 Å². The molecule has 62 heavy (non-hydrogen) atoms. The predicted octanol–water partition coefficient (Wildman–Crippen LogP) is 21.6. The third-order valence-corrected chi connectivity index (χ3v) is 16.1. The van der Waals surface area contributed by atoms with Gasteiger partial charge >= 0.3 is 0 Å². The van der Waals surface area contributed by atoms with Crippen molar-refractivity contribution in [2.45, 2.75) is 281 Å². The van der Waals surface area contributed by atoms with Crippen LogP contribution in [0.15, 0.2) is 0 Å². The number of hydrogen-bond donors (Lipinski definition) is 0. The standard InChI is InChI=1S/C62H126/c1-23-44(4)25-46(6)27-48(8)29-50(10)31-52(12)33-54(14)35-56(16)37-58(18)39-60(20)41-62(22)42-61(21)40-59(19)38-57(17)36-55(15)34-53(13)32-51(11)30-49(9)28-47(7)26-45(5)24-43(2)3/h43-62H,23-42H2,1-22H3. The average Bonchev–Trinajstić information content (AvgIpc) is 3.05. The highest BCUT2D eigenvalue weighted by molar-refractivity contribution is 4.75. The Hall–Kier alpha value is 0. The van der Waals surface area contributed by atoms with Crippen LogP contribution in [0.5, 0.6) is 0 Å². The fourth-order valence-corrected chi connectivity index (χ4v) is 15.1. The SMILES string of the molecule is CCC(C)CC(C)CC(C)CC(C)CC(C)CC(C)CC(C)CC(C)CC(C)CC(C)CC(C)CC(C)CC(C)CC(C)CC(C)CC(C)CC(C)CC(C)CC(C)CC(C)C. The van der Waals surface area contributed by atoms with Crippen molar-refractivity contribution in [1.29, 1.82) is 0 Å². The first kappa shape index (κ1) is 62.0. The van der Waals surface area contributed by atoms with Gasteiger partial charge in [-0.3, -0.25) is 0 Å². The Morgan fingerprint density at radius 2 is 0.242 bits per heavy atom. The normalized spacial score (nSPS) is 21.9. The Balaban J connectivity index is 4.42. The quantitative estimate of drug-likeness (QED) is 0.0577. The van der Waals surface area contributed by atoms with Crippen molar-refractivity contribution in [3.8, 4) is 0 Å². The van der Waals surface area contributed by atoms with Gasteiger partial charge in [0.1, 0.15) is 0 Å². The van der Waals surface area contributed by atoms with Crippen LogP contribution in [0.2, 0.25) is 0 Å². The van der Waals surface area contributed by atoms with Crippen LogP contribution in [-0.2, 0) is 0 Å². The van der Waals surface area contributed by atoms with Gasteiger partial charge < -0.3 is 0 Å². The number of hydrogen-bond acceptors (Lipinski definition) is 0. The van der Waals surface area contributed by atoms with Crippen LogP contribution in [0.4, 0.5) is 0 Å². The first-order chi connectivity index (χ1) is 28.8. The van der Waals surface area contributed by atoms with Crippen LogP contribution in [0.1, 0.15) is 281 Å². The molecule has 0 fully saturated rings. The van der Waals surface area contributed by atoms with E-state index in [1.807, 2.05) is 0 Å². The van der Waals surface area contributed by atoms with Gasteiger partial charge in [0.15, 0.2) is 0 Å². The second-order valence-electron chi connectivity index (χ2n) is 27.3. The summed E-state index contributed by atoms with van der Waals surface area (Å²) in [6.45, 7) is 55.3. The lowest BCUT2D eigenvalue weighted by molar-refractivity contribution is 0.239. The molecule has 0 spiro atoms. The predicted molar refractivity (Wildman–Crippen MR) is 287 cm³/mol. The molecule has 0 amide bonds. The average molecular weight is 872 g/mol. The molecule has 0 aromatic rings. The van der Waals surface area contributed by atoms with E-state index < -0.39 is 0 Å². The van der Waals surface area contributed by atoms with Crippen molar-refractivity contribution in [2.24, 2.45) is 118 Å². The smallest absolute Gasteiger partial charge is 0.0438 e. The molecule has 0 saturated carbocycles. The Kier molecular flexibility index (Phi) is 34.3. The molecule has 0 aliphatic rings. The maximum Gasteiger partial charge on any atom is -0.0438 e. The minimum atomic E-state index is 0.834. The third-order valence-electron chi connectivity index (χ3n) is 16.1. The van der Waals surface area contributed by atoms with Crippen molar-refractivity contribution < 1.29 is 0 Å². The van der Waals surface area contributed by atoms with E-state index in [2.05, 4.69) is 152 Å². The van der Waals surface area contributed by atoms with Crippen LogP contribution >= 0.6 is 0 Å². The van der Waals surface area contributed by atoms with E-state index in [0.29, 0.717) is 0 Å². The molecule has 0 N–H and O–H groups in total. The summed E-state index contributed by atoms with van der Waals surface area (Å²) in [5.74, 6) is 17.2. The largest absolute Gasteiger partial charge is 0.0651 e. The Morgan fingerprint density at radius 1 is 0.145 bits per heavy atom. The van der Waals surface area contributed by atoms with Gasteiger partial charge in [0, 0.05) is 0 Å². The highest BCUT2D eigenvalue weighted by atomic mass is 14.3. The van der Waals surface area contributed by atoms with Gasteiger partial charge in [0.05, 0.1) is 0 Å². The van der Waals surface area contributed by atoms with E-state index in [9.17, 15) is 0 Å². The number of rotatable bonds is 39. The van der Waals surface area contributed by atoms with Gasteiger partial charge in [-0.2, -0.15) is 0 Å². The van der Waals surface area contributed by atoms with Crippen LogP contribution in [0.3, 0.4) is 0 Å². The van der Waals surface area contributed by atoms with Crippen LogP contribution in [0.25, 0.3) is 0 Å². The maximum absolute atomic E-state index is 2.56. The van der Waals surface area contributed by atoms with Gasteiger partial charge in [-0.05, 0) is 240 Å². The minimum Gasteiger partial charge on any atom is -0.0651 e. The molecule has 0 heterocycles. The highest BCUT2D eigenvalue weighted by Gasteiger charge is 2.23. The second-order valence-corrected chi connectivity index (χ2v) is 27.3. The van der Waals surface area contributed by atoms with E-state index in [-0.39, 0.29) is 0 Å². The van der Waals surface area contributed by atoms with Crippen molar-refractivity contribution in [3.63, 3.8) is 0 Å². The Morgan fingerprint density at radius 3 is 0.339 bits per heavy atom. The zero-order chi connectivity index (χ0) is 47.7. The molecule has 374 valence electrons. The fraction of sp³-hybridized carbons (Fsp3) is 1.00. The molecule has 0 aromatic carbocycles. The summed E-state index contributed by atoms with van der Waals surface area (Å²) in [6, 6.07) is 0. The molecule has 0 aliphatic heterocycles. The molecule has 0 nitrogen and oxygen atoms in total. The van der Waals surface area contributed by atoms with Crippen molar-refractivity contribution in [2.75, 3.05) is 0 Å². The zero-order valence-electron chi connectivity index (χ0n) is 47.7. The van der Waals surface area contributed by atoms with Crippen LogP contribution in [0, 0.1) is 118 Å². The van der Waals surface area contributed by atoms with Gasteiger partial charge in [-0.15, -0.1) is 0 Å². The summed E-state index contributed by atoms with van der Waals surface area (Å²) < 4.78 is 0. The lowest BCUT2D eigenvalue weighted by atomic mass is 9.78. The maximum atomic E-state index is 2.56. The van der Waals surface area contributed by atoms with Crippen molar-refractivity contribution >= 4 is 0 Å². The monoisotopic (exact) mass is 871 g/mol. The van der Waals surface area contributed by atoms with Crippen molar-refractivity contribution in [3.05, 3.63) is 0 Å². The third kappa shape index (κ3) is 34.3. The molecule has 0 heteroatoms. The lowest BCUT2D eigenvalue weighted by Crippen LogP contribution is -2.16. The molecule has 0 saturated heterocycles. The Bertz CT molecular complexity index is 1010. The van der Waals surface area contributed by atoms with E-state index >= 15 is 0 Å². The fourth-order valence-electron chi connectivity index (χ4n) is 15.1. The van der Waals surface area contributed by atoms with Crippen LogP contribution < -0.4 is 0 Å². The van der Waals surface area contributed by atoms with E-state index in [4.69, 9.17) is 0 Å². The molecule has 19 atom stereocenters. The Labute approximate surface area is 397 Å². The summed E-state index contributed by atoms with van der Waals surface area (Å²) in [5.41, 5.74) is 0. The molecule has 0 aromatic heterocycles. The van der Waals surface area contributed by atoms with Crippen LogP contribution in [-0.4, -0.2) is 0 Å². The van der Waals surface area contributed by atoms with E-state index in [0.717, 1.165) is 118 Å². The summed E-state index contributed by atoms with van der Waals surface area (Å²) >= 11 is 0. The highest BCUT2D eigenvalue weighted by Crippen LogP contribution is 2.35. The molecule has 19 unspecified atom stereocenters. The minimum absolute atomic E-state index is 0.834. The van der Waals surface area contributed by atoms with Gasteiger partial charge in [0.25, 0.3) is 0 Å². The zero-order valence-corrected chi connectivity index (χ0v) is 47.7. The lowest BCUT2D eigenvalue weighted by Gasteiger charge is -2.28. The van der Waals surface area contributed by atoms with Gasteiger partial charge in [-0.25, -0.2) is 0 Å². The summed E-state index contributed by atoms with van der Waals surface area (Å²) in [7, 11) is 0. The summed E-state index contributed by atoms with van der Waals surface area (Å²) in [5, 5.41) is 0. The summed E-state index contributed by atoms with van der Waals surface area (Å²) in [4.78, 5) is 0. The molecular formula is C62H126. The van der Waals surface area contributed by atoms with E-state index in [1.165, 1.54) is 128 Å². The molecule has 0 radical (unpaired) electrons. The molecule has 0 aliphatic carbocycles. The molecule has 0 rings (SSSR count). The van der Waals surface area contributed by atoms with Gasteiger partial charge in [-0.1, -0.05) is 159 Å². The molecular weight excluding hydrogens is 745 g/mol. The van der Waals surface area contributed by atoms with Crippen molar-refractivity contribution in [1.82, 2.24) is 0 Å². The topological polar surface area (TPSA) is 0 Å². The second kappa shape index (κ2) is 34.3.